The molecule has 2 heterocycles. The van der Waals surface area contributed by atoms with Crippen LogP contribution >= 0.6 is 0 Å². The Morgan fingerprint density at radius 2 is 1.61 bits per heavy atom. The maximum absolute atomic E-state index is 13.8. The number of nitrogens with one attached hydrogen (secondary N) is 1. The van der Waals surface area contributed by atoms with Crippen molar-refractivity contribution >= 4 is 22.5 Å². The maximum Gasteiger partial charge on any atom is 0.150 e. The Bertz CT molecular complexity index is 1190. The van der Waals surface area contributed by atoms with Crippen molar-refractivity contribution in [3.05, 3.63) is 76.7 Å². The molecule has 0 amide bonds. The van der Waals surface area contributed by atoms with Gasteiger partial charge in [0.25, 0.3) is 0 Å². The van der Waals surface area contributed by atoms with Crippen molar-refractivity contribution in [1.82, 2.24) is 14.5 Å². The number of rotatable bonds is 3. The minimum Gasteiger partial charge on any atom is -0.339 e. The van der Waals surface area contributed by atoms with E-state index in [1.54, 1.807) is 4.57 Å². The first kappa shape index (κ1) is 18.1. The van der Waals surface area contributed by atoms with Crippen LogP contribution in [-0.4, -0.2) is 14.5 Å². The molecule has 2 aromatic carbocycles. The van der Waals surface area contributed by atoms with Crippen molar-refractivity contribution in [3.63, 3.8) is 0 Å². The molecule has 28 heavy (non-hydrogen) atoms. The first-order valence-electron chi connectivity index (χ1n) is 8.98. The predicted molar refractivity (Wildman–Crippen MR) is 107 cm³/mol. The van der Waals surface area contributed by atoms with Gasteiger partial charge in [-0.3, -0.25) is 4.57 Å². The number of fused-ring (bicyclic) bond motifs is 1. The number of benzene rings is 2. The normalized spacial score (nSPS) is 11.2. The van der Waals surface area contributed by atoms with Crippen molar-refractivity contribution in [2.45, 2.75) is 27.7 Å². The van der Waals surface area contributed by atoms with Gasteiger partial charge in [0.1, 0.15) is 23.8 Å². The Balaban J connectivity index is 1.93. The molecule has 0 spiro atoms. The van der Waals surface area contributed by atoms with Gasteiger partial charge >= 0.3 is 0 Å². The van der Waals surface area contributed by atoms with Crippen molar-refractivity contribution in [2.75, 3.05) is 5.32 Å². The SMILES string of the molecule is Cc1ccc(C)c(Nc2ncnc3c2c(C)c(C)n3-c2cc(F)cc(F)c2)c1. The first-order chi connectivity index (χ1) is 13.3. The van der Waals surface area contributed by atoms with Gasteiger partial charge in [-0.25, -0.2) is 18.7 Å². The van der Waals surface area contributed by atoms with E-state index >= 15 is 0 Å². The van der Waals surface area contributed by atoms with E-state index in [1.807, 2.05) is 27.7 Å². The second kappa shape index (κ2) is 6.71. The molecule has 0 aliphatic rings. The van der Waals surface area contributed by atoms with Crippen molar-refractivity contribution < 1.29 is 8.78 Å². The third kappa shape index (κ3) is 3.01. The average molecular weight is 378 g/mol. The molecular formula is C22H20F2N4. The Kier molecular flexibility index (Phi) is 4.34. The molecule has 0 aliphatic carbocycles. The fourth-order valence-electron chi connectivity index (χ4n) is 3.48. The highest BCUT2D eigenvalue weighted by atomic mass is 19.1. The summed E-state index contributed by atoms with van der Waals surface area (Å²) in [7, 11) is 0. The molecule has 0 fully saturated rings. The zero-order valence-electron chi connectivity index (χ0n) is 16.1. The number of nitrogens with zero attached hydrogens (tertiary/aromatic N) is 3. The summed E-state index contributed by atoms with van der Waals surface area (Å²) in [6.07, 6.45) is 1.46. The molecule has 4 rings (SSSR count). The molecule has 2 aromatic heterocycles. The molecule has 6 heteroatoms. The van der Waals surface area contributed by atoms with Gasteiger partial charge in [0.15, 0.2) is 5.65 Å². The van der Waals surface area contributed by atoms with Gasteiger partial charge in [0.05, 0.1) is 11.1 Å². The summed E-state index contributed by atoms with van der Waals surface area (Å²) in [4.78, 5) is 8.84. The zero-order valence-corrected chi connectivity index (χ0v) is 16.1. The van der Waals surface area contributed by atoms with E-state index in [-0.39, 0.29) is 0 Å². The van der Waals surface area contributed by atoms with Crippen LogP contribution in [0.25, 0.3) is 16.7 Å². The third-order valence-electron chi connectivity index (χ3n) is 5.04. The van der Waals surface area contributed by atoms with Crippen LogP contribution in [0.2, 0.25) is 0 Å². The zero-order chi connectivity index (χ0) is 20.0. The standard InChI is InChI=1S/C22H20F2N4/c1-12-5-6-13(2)19(7-12)27-21-20-14(3)15(4)28(22(20)26-11-25-21)18-9-16(23)8-17(24)10-18/h5-11H,1-4H3,(H,25,26,27). The summed E-state index contributed by atoms with van der Waals surface area (Å²) in [5.41, 5.74) is 5.99. The average Bonchev–Trinajstić information content (AvgIpc) is 2.89. The summed E-state index contributed by atoms with van der Waals surface area (Å²) in [5.74, 6) is -0.594. The van der Waals surface area contributed by atoms with Crippen LogP contribution in [0.15, 0.2) is 42.7 Å². The predicted octanol–water partition coefficient (Wildman–Crippen LogP) is 5.68. The first-order valence-corrected chi connectivity index (χ1v) is 8.98. The van der Waals surface area contributed by atoms with Crippen LogP contribution in [0, 0.1) is 39.3 Å². The van der Waals surface area contributed by atoms with E-state index < -0.39 is 11.6 Å². The van der Waals surface area contributed by atoms with Crippen LogP contribution < -0.4 is 5.32 Å². The van der Waals surface area contributed by atoms with Crippen molar-refractivity contribution in [3.8, 4) is 5.69 Å². The number of aromatic nitrogens is 3. The number of hydrogen-bond acceptors (Lipinski definition) is 3. The summed E-state index contributed by atoms with van der Waals surface area (Å²) >= 11 is 0. The lowest BCUT2D eigenvalue weighted by molar-refractivity contribution is 0.581. The highest BCUT2D eigenvalue weighted by molar-refractivity contribution is 5.94. The van der Waals surface area contributed by atoms with Gasteiger partial charge in [-0.1, -0.05) is 12.1 Å². The highest BCUT2D eigenvalue weighted by Crippen LogP contribution is 2.33. The molecule has 0 radical (unpaired) electrons. The van der Waals surface area contributed by atoms with Crippen molar-refractivity contribution in [2.24, 2.45) is 0 Å². The van der Waals surface area contributed by atoms with Crippen molar-refractivity contribution in [1.29, 1.82) is 0 Å². The Labute approximate surface area is 161 Å². The monoisotopic (exact) mass is 378 g/mol. The molecule has 0 unspecified atom stereocenters. The number of anilines is 2. The maximum atomic E-state index is 13.8. The Hall–Kier alpha value is -3.28. The number of halogens is 2. The second-order valence-electron chi connectivity index (χ2n) is 7.04. The molecule has 0 atom stereocenters. The summed E-state index contributed by atoms with van der Waals surface area (Å²) in [6, 6.07) is 9.63. The summed E-state index contributed by atoms with van der Waals surface area (Å²) in [5, 5.41) is 4.22. The minimum atomic E-state index is -0.628. The smallest absolute Gasteiger partial charge is 0.150 e. The molecule has 4 nitrogen and oxygen atoms in total. The van der Waals surface area contributed by atoms with E-state index in [4.69, 9.17) is 0 Å². The number of hydrogen-bond donors (Lipinski definition) is 1. The van der Waals surface area contributed by atoms with Gasteiger partial charge in [-0.2, -0.15) is 0 Å². The largest absolute Gasteiger partial charge is 0.339 e. The van der Waals surface area contributed by atoms with E-state index in [9.17, 15) is 8.78 Å². The van der Waals surface area contributed by atoms with E-state index in [2.05, 4.69) is 33.5 Å². The molecule has 0 saturated heterocycles. The van der Waals surface area contributed by atoms with Gasteiger partial charge in [0, 0.05) is 17.4 Å². The molecule has 0 aliphatic heterocycles. The molecule has 0 saturated carbocycles. The van der Waals surface area contributed by atoms with Crippen LogP contribution in [0.1, 0.15) is 22.4 Å². The van der Waals surface area contributed by atoms with E-state index in [0.29, 0.717) is 17.2 Å². The topological polar surface area (TPSA) is 42.7 Å². The minimum absolute atomic E-state index is 0.393. The van der Waals surface area contributed by atoms with Crippen LogP contribution in [0.5, 0.6) is 0 Å². The fourth-order valence-corrected chi connectivity index (χ4v) is 3.48. The van der Waals surface area contributed by atoms with E-state index in [1.165, 1.54) is 18.5 Å². The van der Waals surface area contributed by atoms with Gasteiger partial charge < -0.3 is 5.32 Å². The van der Waals surface area contributed by atoms with Gasteiger partial charge in [0.2, 0.25) is 0 Å². The molecule has 0 bridgehead atoms. The molecular weight excluding hydrogens is 358 g/mol. The second-order valence-corrected chi connectivity index (χ2v) is 7.04. The Morgan fingerprint density at radius 3 is 2.32 bits per heavy atom. The lowest BCUT2D eigenvalue weighted by Crippen LogP contribution is -2.01. The van der Waals surface area contributed by atoms with Gasteiger partial charge in [-0.15, -0.1) is 0 Å². The van der Waals surface area contributed by atoms with Crippen LogP contribution in [0.3, 0.4) is 0 Å². The fraction of sp³-hybridized carbons (Fsp3) is 0.182. The summed E-state index contributed by atoms with van der Waals surface area (Å²) in [6.45, 7) is 7.92. The Morgan fingerprint density at radius 1 is 0.893 bits per heavy atom. The van der Waals surface area contributed by atoms with Gasteiger partial charge in [-0.05, 0) is 62.6 Å². The summed E-state index contributed by atoms with van der Waals surface area (Å²) < 4.78 is 29.4. The molecule has 142 valence electrons. The number of aryl methyl sites for hydroxylation is 3. The van der Waals surface area contributed by atoms with Crippen LogP contribution in [-0.2, 0) is 0 Å². The quantitative estimate of drug-likeness (QED) is 0.499. The third-order valence-corrected chi connectivity index (χ3v) is 5.04. The lowest BCUT2D eigenvalue weighted by Gasteiger charge is -2.11. The van der Waals surface area contributed by atoms with Crippen LogP contribution in [0.4, 0.5) is 20.3 Å². The lowest BCUT2D eigenvalue weighted by atomic mass is 10.1. The van der Waals surface area contributed by atoms with E-state index in [0.717, 1.165) is 39.5 Å². The highest BCUT2D eigenvalue weighted by Gasteiger charge is 2.19. The molecule has 4 aromatic rings. The molecule has 1 N–H and O–H groups in total.